The number of anilines is 2. The van der Waals surface area contributed by atoms with Crippen molar-refractivity contribution in [3.8, 4) is 11.9 Å². The molecule has 3 aromatic rings. The lowest BCUT2D eigenvalue weighted by Gasteiger charge is -2.38. The van der Waals surface area contributed by atoms with E-state index < -0.39 is 0 Å². The summed E-state index contributed by atoms with van der Waals surface area (Å²) in [5.74, 6) is 0.523. The van der Waals surface area contributed by atoms with Gasteiger partial charge in [0.1, 0.15) is 5.75 Å². The number of amides is 4. The van der Waals surface area contributed by atoms with Crippen LogP contribution in [0.5, 0.6) is 5.75 Å². The van der Waals surface area contributed by atoms with E-state index in [1.54, 1.807) is 24.1 Å². The van der Waals surface area contributed by atoms with Crippen LogP contribution < -0.4 is 20.7 Å². The number of aromatic nitrogens is 2. The molecule has 202 valence electrons. The zero-order valence-electron chi connectivity index (χ0n) is 21.8. The number of hydrogen-bond donors (Lipinski definition) is 4. The second kappa shape index (κ2) is 10.9. The molecule has 2 aliphatic rings. The summed E-state index contributed by atoms with van der Waals surface area (Å²) in [7, 11) is 1.62. The molecule has 39 heavy (non-hydrogen) atoms. The Morgan fingerprint density at radius 3 is 2.74 bits per heavy atom. The van der Waals surface area contributed by atoms with E-state index in [-0.39, 0.29) is 30.4 Å². The number of nitrogens with zero attached hydrogens (tertiary/aromatic N) is 4. The first-order valence-corrected chi connectivity index (χ1v) is 12.8. The van der Waals surface area contributed by atoms with Crippen molar-refractivity contribution in [2.45, 2.75) is 32.2 Å². The van der Waals surface area contributed by atoms with Gasteiger partial charge >= 0.3 is 6.03 Å². The van der Waals surface area contributed by atoms with E-state index in [2.05, 4.69) is 25.9 Å². The number of urea groups is 1. The van der Waals surface area contributed by atoms with Crippen molar-refractivity contribution in [2.75, 3.05) is 43.9 Å². The zero-order chi connectivity index (χ0) is 27.5. The number of fused-ring (bicyclic) bond motifs is 2. The Morgan fingerprint density at radius 2 is 2.00 bits per heavy atom. The number of carbonyl (C=O) groups is 3. The third-order valence-corrected chi connectivity index (χ3v) is 7.31. The van der Waals surface area contributed by atoms with E-state index in [1.807, 2.05) is 36.2 Å². The van der Waals surface area contributed by atoms with Gasteiger partial charge in [-0.15, -0.1) is 0 Å². The Morgan fingerprint density at radius 1 is 1.21 bits per heavy atom. The number of methoxy groups -OCH3 is 1. The molecule has 0 aliphatic carbocycles. The van der Waals surface area contributed by atoms with E-state index in [0.717, 1.165) is 29.0 Å². The van der Waals surface area contributed by atoms with Crippen LogP contribution in [0.2, 0.25) is 0 Å². The average molecular weight is 531 g/mol. The van der Waals surface area contributed by atoms with E-state index in [4.69, 9.17) is 10.00 Å². The molecule has 1 fully saturated rings. The number of benzene rings is 2. The maximum atomic E-state index is 12.9. The topological polar surface area (TPSA) is 155 Å². The summed E-state index contributed by atoms with van der Waals surface area (Å²) in [5, 5.41) is 17.0. The molecule has 0 saturated carbocycles. The van der Waals surface area contributed by atoms with Crippen molar-refractivity contribution in [1.82, 2.24) is 25.1 Å². The third-order valence-electron chi connectivity index (χ3n) is 7.31. The number of rotatable bonds is 6. The number of ether oxygens (including phenoxy) is 1. The number of piperidine rings is 1. The van der Waals surface area contributed by atoms with Gasteiger partial charge in [0, 0.05) is 36.9 Å². The number of nitrogens with one attached hydrogen (secondary N) is 4. The lowest BCUT2D eigenvalue weighted by Crippen LogP contribution is -2.51. The molecule has 0 radical (unpaired) electrons. The van der Waals surface area contributed by atoms with Crippen molar-refractivity contribution in [3.63, 3.8) is 0 Å². The van der Waals surface area contributed by atoms with Crippen molar-refractivity contribution < 1.29 is 19.1 Å². The lowest BCUT2D eigenvalue weighted by molar-refractivity contribution is -0.131. The second-order valence-electron chi connectivity index (χ2n) is 9.70. The third kappa shape index (κ3) is 5.43. The molecule has 0 atom stereocenters. The molecule has 0 spiro atoms. The zero-order valence-corrected chi connectivity index (χ0v) is 21.8. The van der Waals surface area contributed by atoms with Crippen molar-refractivity contribution >= 4 is 40.5 Å². The van der Waals surface area contributed by atoms with Gasteiger partial charge in [-0.3, -0.25) is 14.9 Å². The molecule has 2 aliphatic heterocycles. The highest BCUT2D eigenvalue weighted by Gasteiger charge is 2.31. The van der Waals surface area contributed by atoms with Crippen LogP contribution in [0.4, 0.5) is 16.4 Å². The molecule has 1 aromatic heterocycles. The highest BCUT2D eigenvalue weighted by atomic mass is 16.5. The number of carbonyl (C=O) groups excluding carboxylic acids is 3. The minimum absolute atomic E-state index is 0.0318. The smallest absolute Gasteiger partial charge is 0.322 e. The van der Waals surface area contributed by atoms with Gasteiger partial charge in [0.2, 0.25) is 11.9 Å². The number of nitriles is 1. The van der Waals surface area contributed by atoms with E-state index >= 15 is 0 Å². The fourth-order valence-electron chi connectivity index (χ4n) is 5.23. The van der Waals surface area contributed by atoms with E-state index in [1.165, 1.54) is 0 Å². The molecular weight excluding hydrogens is 500 g/mol. The minimum Gasteiger partial charge on any atom is -0.497 e. The maximum absolute atomic E-state index is 12.9. The molecule has 2 aromatic carbocycles. The Labute approximate surface area is 225 Å². The van der Waals surface area contributed by atoms with Gasteiger partial charge in [-0.2, -0.15) is 5.26 Å². The van der Waals surface area contributed by atoms with Crippen molar-refractivity contribution in [2.24, 2.45) is 0 Å². The van der Waals surface area contributed by atoms with Crippen molar-refractivity contribution in [3.05, 3.63) is 47.0 Å². The average Bonchev–Trinajstić information content (AvgIpc) is 3.28. The Bertz CT molecular complexity index is 1470. The first-order chi connectivity index (χ1) is 18.9. The molecular formula is C27H30N8O4. The Balaban J connectivity index is 1.14. The van der Waals surface area contributed by atoms with Crippen LogP contribution in [-0.4, -0.2) is 76.9 Å². The summed E-state index contributed by atoms with van der Waals surface area (Å²) in [6.45, 7) is 3.32. The number of H-pyrrole nitrogens is 1. The van der Waals surface area contributed by atoms with Gasteiger partial charge in [-0.1, -0.05) is 0 Å². The maximum Gasteiger partial charge on any atom is 0.322 e. The van der Waals surface area contributed by atoms with Crippen molar-refractivity contribution in [1.29, 1.82) is 5.26 Å². The van der Waals surface area contributed by atoms with Gasteiger partial charge in [0.15, 0.2) is 6.19 Å². The molecule has 1 saturated heterocycles. The summed E-state index contributed by atoms with van der Waals surface area (Å²) in [6, 6.07) is 8.89. The molecule has 12 heteroatoms. The molecule has 4 N–H and O–H groups in total. The molecule has 12 nitrogen and oxygen atoms in total. The molecule has 4 amide bonds. The SMILES string of the molecule is COc1ccc2c(c1)CCN(C1CCN(C(=O)CNC(=O)c3cc(C)c4nc(NC#N)[nH]c4c3)CC1)C(=O)N2. The van der Waals surface area contributed by atoms with E-state index in [0.29, 0.717) is 55.0 Å². The Kier molecular flexibility index (Phi) is 7.23. The van der Waals surface area contributed by atoms with Gasteiger partial charge in [-0.25, -0.2) is 9.78 Å². The minimum atomic E-state index is -0.370. The van der Waals surface area contributed by atoms with Gasteiger partial charge in [0.05, 0.1) is 24.7 Å². The van der Waals surface area contributed by atoms with Gasteiger partial charge in [-0.05, 0) is 67.6 Å². The summed E-state index contributed by atoms with van der Waals surface area (Å²) in [5.41, 5.74) is 4.27. The quantitative estimate of drug-likeness (QED) is 0.282. The number of likely N-dealkylation sites (tertiary alicyclic amines) is 1. The normalized spacial score (nSPS) is 15.7. The predicted molar refractivity (Wildman–Crippen MR) is 144 cm³/mol. The lowest BCUT2D eigenvalue weighted by atomic mass is 10.0. The largest absolute Gasteiger partial charge is 0.497 e. The van der Waals surface area contributed by atoms with Crippen LogP contribution in [0.1, 0.15) is 34.3 Å². The van der Waals surface area contributed by atoms with Crippen LogP contribution in [-0.2, 0) is 11.2 Å². The number of aromatic amines is 1. The van der Waals surface area contributed by atoms with Crippen LogP contribution in [0.15, 0.2) is 30.3 Å². The Hall–Kier alpha value is -4.79. The summed E-state index contributed by atoms with van der Waals surface area (Å²) >= 11 is 0. The standard InChI is InChI=1S/C27H30N8O4/c1-16-11-18(13-22-24(16)33-26(31-22)30-15-28)25(37)29-14-23(36)34-8-6-19(7-9-34)35-10-5-17-12-20(39-2)3-4-21(17)32-27(35)38/h3-4,11-13,19H,5-10,14H2,1-2H3,(H,29,37)(H,32,38)(H2,30,31,33). The summed E-state index contributed by atoms with van der Waals surface area (Å²) < 4.78 is 5.31. The second-order valence-corrected chi connectivity index (χ2v) is 9.70. The van der Waals surface area contributed by atoms with Crippen LogP contribution in [0.3, 0.4) is 0 Å². The molecule has 5 rings (SSSR count). The van der Waals surface area contributed by atoms with Gasteiger partial charge in [0.25, 0.3) is 5.91 Å². The number of hydrogen-bond acceptors (Lipinski definition) is 7. The number of imidazole rings is 1. The molecule has 0 unspecified atom stereocenters. The van der Waals surface area contributed by atoms with Crippen LogP contribution >= 0.6 is 0 Å². The van der Waals surface area contributed by atoms with E-state index in [9.17, 15) is 14.4 Å². The highest BCUT2D eigenvalue weighted by molar-refractivity contribution is 6.00. The summed E-state index contributed by atoms with van der Waals surface area (Å²) in [4.78, 5) is 49.4. The molecule has 0 bridgehead atoms. The highest BCUT2D eigenvalue weighted by Crippen LogP contribution is 2.28. The molecule has 3 heterocycles. The fourth-order valence-corrected chi connectivity index (χ4v) is 5.23. The van der Waals surface area contributed by atoms with Crippen LogP contribution in [0, 0.1) is 18.4 Å². The summed E-state index contributed by atoms with van der Waals surface area (Å²) in [6.07, 6.45) is 3.86. The first kappa shape index (κ1) is 25.8. The number of aryl methyl sites for hydroxylation is 1. The fraction of sp³-hybridized carbons (Fsp3) is 0.370. The van der Waals surface area contributed by atoms with Crippen LogP contribution in [0.25, 0.3) is 11.0 Å². The van der Waals surface area contributed by atoms with Gasteiger partial charge < -0.3 is 30.2 Å². The first-order valence-electron chi connectivity index (χ1n) is 12.8. The predicted octanol–water partition coefficient (Wildman–Crippen LogP) is 2.58. The monoisotopic (exact) mass is 530 g/mol.